The lowest BCUT2D eigenvalue weighted by atomic mass is 10.2. The number of pyridine rings is 1. The third-order valence-electron chi connectivity index (χ3n) is 4.30. The lowest BCUT2D eigenvalue weighted by Crippen LogP contribution is -2.38. The van der Waals surface area contributed by atoms with Crippen LogP contribution in [0, 0.1) is 0 Å². The molecule has 0 radical (unpaired) electrons. The normalized spacial score (nSPS) is 17.8. The number of aromatic nitrogens is 1. The van der Waals surface area contributed by atoms with E-state index in [1.165, 1.54) is 12.8 Å². The van der Waals surface area contributed by atoms with E-state index in [2.05, 4.69) is 15.2 Å². The van der Waals surface area contributed by atoms with Crippen LogP contribution in [0.2, 0.25) is 0 Å². The summed E-state index contributed by atoms with van der Waals surface area (Å²) in [5.74, 6) is 0.669. The molecule has 1 aromatic heterocycles. The Balaban J connectivity index is 1.52. The van der Waals surface area contributed by atoms with Crippen molar-refractivity contribution in [3.63, 3.8) is 0 Å². The van der Waals surface area contributed by atoms with Crippen LogP contribution in [0.3, 0.4) is 0 Å². The van der Waals surface area contributed by atoms with Crippen LogP contribution >= 0.6 is 0 Å². The highest BCUT2D eigenvalue weighted by atomic mass is 16.2. The van der Waals surface area contributed by atoms with Crippen LogP contribution in [0.1, 0.15) is 36.0 Å². The van der Waals surface area contributed by atoms with Crippen molar-refractivity contribution in [1.82, 2.24) is 15.2 Å². The number of carbonyl (C=O) groups excluding carboxylic acids is 2. The Hall–Kier alpha value is -2.11. The van der Waals surface area contributed by atoms with Crippen molar-refractivity contribution in [1.29, 1.82) is 0 Å². The number of hydrogen-bond donors (Lipinski definition) is 1. The van der Waals surface area contributed by atoms with E-state index in [1.54, 1.807) is 17.2 Å². The summed E-state index contributed by atoms with van der Waals surface area (Å²) in [6, 6.07) is 3.65. The summed E-state index contributed by atoms with van der Waals surface area (Å²) < 4.78 is 0. The molecule has 3 heterocycles. The van der Waals surface area contributed by atoms with Crippen molar-refractivity contribution >= 4 is 17.6 Å². The molecule has 2 amide bonds. The molecule has 0 saturated carbocycles. The fourth-order valence-corrected chi connectivity index (χ4v) is 2.99. The smallest absolute Gasteiger partial charge is 0.253 e. The minimum absolute atomic E-state index is 0.00695. The minimum Gasteiger partial charge on any atom is -0.357 e. The number of nitrogens with zero attached hydrogens (tertiary/aromatic N) is 3. The van der Waals surface area contributed by atoms with Gasteiger partial charge in [-0.3, -0.25) is 9.59 Å². The van der Waals surface area contributed by atoms with Crippen LogP contribution in [0.25, 0.3) is 0 Å². The Kier molecular flexibility index (Phi) is 4.56. The molecule has 6 heteroatoms. The van der Waals surface area contributed by atoms with Crippen molar-refractivity contribution in [3.05, 3.63) is 23.9 Å². The van der Waals surface area contributed by atoms with Crippen LogP contribution in [0.5, 0.6) is 0 Å². The maximum absolute atomic E-state index is 12.1. The van der Waals surface area contributed by atoms with Gasteiger partial charge >= 0.3 is 0 Å². The van der Waals surface area contributed by atoms with Crippen molar-refractivity contribution < 1.29 is 9.59 Å². The Bertz CT molecular complexity index is 532. The lowest BCUT2D eigenvalue weighted by molar-refractivity contribution is -0.129. The predicted molar refractivity (Wildman–Crippen MR) is 83.8 cm³/mol. The Labute approximate surface area is 130 Å². The van der Waals surface area contributed by atoms with Crippen LogP contribution in [0.4, 0.5) is 5.82 Å². The summed E-state index contributed by atoms with van der Waals surface area (Å²) in [5, 5.41) is 2.68. The first-order valence-electron chi connectivity index (χ1n) is 8.01. The predicted octanol–water partition coefficient (Wildman–Crippen LogP) is 1.03. The molecule has 1 aromatic rings. The fraction of sp³-hybridized carbons (Fsp3) is 0.562. The van der Waals surface area contributed by atoms with Crippen LogP contribution in [-0.2, 0) is 4.79 Å². The van der Waals surface area contributed by atoms with Gasteiger partial charge < -0.3 is 15.1 Å². The number of likely N-dealkylation sites (tertiary alicyclic amines) is 1. The van der Waals surface area contributed by atoms with E-state index in [1.807, 2.05) is 6.07 Å². The molecule has 0 atom stereocenters. The first-order valence-corrected chi connectivity index (χ1v) is 8.01. The maximum Gasteiger partial charge on any atom is 0.253 e. The van der Waals surface area contributed by atoms with Crippen molar-refractivity contribution in [2.75, 3.05) is 37.6 Å². The van der Waals surface area contributed by atoms with Crippen molar-refractivity contribution in [3.8, 4) is 0 Å². The van der Waals surface area contributed by atoms with Gasteiger partial charge in [0.05, 0.1) is 12.1 Å². The second-order valence-corrected chi connectivity index (χ2v) is 5.87. The molecule has 6 nitrogen and oxygen atoms in total. The van der Waals surface area contributed by atoms with E-state index in [-0.39, 0.29) is 18.4 Å². The number of amides is 2. The van der Waals surface area contributed by atoms with Gasteiger partial charge in [-0.25, -0.2) is 4.98 Å². The molecule has 0 aliphatic carbocycles. The third-order valence-corrected chi connectivity index (χ3v) is 4.30. The Morgan fingerprint density at radius 2 is 1.73 bits per heavy atom. The monoisotopic (exact) mass is 302 g/mol. The van der Waals surface area contributed by atoms with Gasteiger partial charge in [-0.15, -0.1) is 0 Å². The summed E-state index contributed by atoms with van der Waals surface area (Å²) in [7, 11) is 0. The van der Waals surface area contributed by atoms with E-state index >= 15 is 0 Å². The summed E-state index contributed by atoms with van der Waals surface area (Å²) in [6.45, 7) is 3.74. The summed E-state index contributed by atoms with van der Waals surface area (Å²) in [4.78, 5) is 32.3. The molecule has 0 bridgehead atoms. The van der Waals surface area contributed by atoms with Gasteiger partial charge in [0.25, 0.3) is 5.91 Å². The first kappa shape index (κ1) is 14.8. The molecule has 3 rings (SSSR count). The third kappa shape index (κ3) is 3.37. The maximum atomic E-state index is 12.1. The molecule has 1 N–H and O–H groups in total. The molecular weight excluding hydrogens is 280 g/mol. The Morgan fingerprint density at radius 1 is 1.05 bits per heavy atom. The summed E-state index contributed by atoms with van der Waals surface area (Å²) in [5.41, 5.74) is 0.497. The lowest BCUT2D eigenvalue weighted by Gasteiger charge is -2.17. The second kappa shape index (κ2) is 6.77. The first-order chi connectivity index (χ1) is 10.7. The fourth-order valence-electron chi connectivity index (χ4n) is 2.99. The number of hydrogen-bond acceptors (Lipinski definition) is 4. The molecule has 0 aromatic carbocycles. The molecule has 118 valence electrons. The van der Waals surface area contributed by atoms with E-state index in [0.29, 0.717) is 5.56 Å². The quantitative estimate of drug-likeness (QED) is 0.902. The van der Waals surface area contributed by atoms with Crippen LogP contribution in [0.15, 0.2) is 18.3 Å². The number of rotatable bonds is 4. The standard InChI is InChI=1S/C16H22N4O2/c21-15(20-9-3-4-10-20)12-18-16(22)13-5-6-14(17-11-13)19-7-1-2-8-19/h5-6,11H,1-4,7-10,12H2,(H,18,22). The number of anilines is 1. The topological polar surface area (TPSA) is 65.5 Å². The van der Waals surface area contributed by atoms with E-state index in [0.717, 1.165) is 44.8 Å². The number of nitrogens with one attached hydrogen (secondary N) is 1. The van der Waals surface area contributed by atoms with Gasteiger partial charge in [0.1, 0.15) is 5.82 Å². The Morgan fingerprint density at radius 3 is 2.36 bits per heavy atom. The van der Waals surface area contributed by atoms with Crippen LogP contribution < -0.4 is 10.2 Å². The molecule has 2 aliphatic rings. The van der Waals surface area contributed by atoms with E-state index in [9.17, 15) is 9.59 Å². The average Bonchev–Trinajstić information content (AvgIpc) is 3.25. The molecule has 2 saturated heterocycles. The van der Waals surface area contributed by atoms with E-state index in [4.69, 9.17) is 0 Å². The van der Waals surface area contributed by atoms with Crippen molar-refractivity contribution in [2.24, 2.45) is 0 Å². The van der Waals surface area contributed by atoms with E-state index < -0.39 is 0 Å². The van der Waals surface area contributed by atoms with Gasteiger partial charge in [0.15, 0.2) is 0 Å². The van der Waals surface area contributed by atoms with Gasteiger partial charge in [0, 0.05) is 32.4 Å². The average molecular weight is 302 g/mol. The molecule has 22 heavy (non-hydrogen) atoms. The second-order valence-electron chi connectivity index (χ2n) is 5.87. The zero-order chi connectivity index (χ0) is 15.4. The van der Waals surface area contributed by atoms with Gasteiger partial charge in [-0.1, -0.05) is 0 Å². The highest BCUT2D eigenvalue weighted by Crippen LogP contribution is 2.17. The number of carbonyl (C=O) groups is 2. The van der Waals surface area contributed by atoms with Gasteiger partial charge in [-0.2, -0.15) is 0 Å². The largest absolute Gasteiger partial charge is 0.357 e. The van der Waals surface area contributed by atoms with Crippen LogP contribution in [-0.4, -0.2) is 54.4 Å². The summed E-state index contributed by atoms with van der Waals surface area (Å²) >= 11 is 0. The highest BCUT2D eigenvalue weighted by molar-refractivity contribution is 5.96. The molecule has 2 fully saturated rings. The minimum atomic E-state index is -0.243. The highest BCUT2D eigenvalue weighted by Gasteiger charge is 2.19. The summed E-state index contributed by atoms with van der Waals surface area (Å²) in [6.07, 6.45) is 6.09. The molecular formula is C16H22N4O2. The van der Waals surface area contributed by atoms with Gasteiger partial charge in [0.2, 0.25) is 5.91 Å². The zero-order valence-corrected chi connectivity index (χ0v) is 12.8. The van der Waals surface area contributed by atoms with Crippen molar-refractivity contribution in [2.45, 2.75) is 25.7 Å². The molecule has 0 unspecified atom stereocenters. The zero-order valence-electron chi connectivity index (χ0n) is 12.8. The SMILES string of the molecule is O=C(NCC(=O)N1CCCC1)c1ccc(N2CCCC2)nc1. The molecule has 0 spiro atoms. The van der Waals surface area contributed by atoms with Gasteiger partial charge in [-0.05, 0) is 37.8 Å². The molecule has 2 aliphatic heterocycles.